The number of ether oxygens (including phenoxy) is 2. The summed E-state index contributed by atoms with van der Waals surface area (Å²) in [5.41, 5.74) is 0.883. The molecule has 1 aliphatic rings. The molecule has 1 fully saturated rings. The molecule has 1 unspecified atom stereocenters. The van der Waals surface area contributed by atoms with Gasteiger partial charge in [0.15, 0.2) is 11.7 Å². The highest BCUT2D eigenvalue weighted by molar-refractivity contribution is 7.15. The number of rotatable bonds is 8. The number of hydrogen-bond acceptors (Lipinski definition) is 6. The molecule has 1 N–H and O–H groups in total. The molecule has 156 valence electrons. The van der Waals surface area contributed by atoms with Crippen LogP contribution in [0.5, 0.6) is 5.75 Å². The van der Waals surface area contributed by atoms with Crippen LogP contribution in [0.1, 0.15) is 23.4 Å². The predicted octanol–water partition coefficient (Wildman–Crippen LogP) is 3.44. The maximum Gasteiger partial charge on any atom is 0.261 e. The van der Waals surface area contributed by atoms with E-state index in [1.807, 2.05) is 13.8 Å². The zero-order chi connectivity index (χ0) is 20.8. The van der Waals surface area contributed by atoms with Gasteiger partial charge in [-0.2, -0.15) is 0 Å². The number of thiazole rings is 1. The Morgan fingerprint density at radius 3 is 2.72 bits per heavy atom. The molecule has 2 amide bonds. The van der Waals surface area contributed by atoms with Crippen molar-refractivity contribution in [1.29, 1.82) is 0 Å². The quantitative estimate of drug-likeness (QED) is 0.684. The van der Waals surface area contributed by atoms with Crippen LogP contribution in [0.25, 0.3) is 0 Å². The fourth-order valence-corrected chi connectivity index (χ4v) is 3.87. The van der Waals surface area contributed by atoms with Crippen LogP contribution in [0.4, 0.5) is 5.13 Å². The van der Waals surface area contributed by atoms with Crippen molar-refractivity contribution in [1.82, 2.24) is 9.88 Å². The van der Waals surface area contributed by atoms with Crippen molar-refractivity contribution in [3.8, 4) is 5.75 Å². The second-order valence-corrected chi connectivity index (χ2v) is 8.50. The van der Waals surface area contributed by atoms with Gasteiger partial charge < -0.3 is 19.7 Å². The largest absolute Gasteiger partial charge is 0.484 e. The third kappa shape index (κ3) is 6.42. The van der Waals surface area contributed by atoms with E-state index in [0.717, 1.165) is 23.4 Å². The molecule has 0 spiro atoms. The summed E-state index contributed by atoms with van der Waals surface area (Å²) < 4.78 is 11.2. The predicted molar refractivity (Wildman–Crippen MR) is 113 cm³/mol. The molecule has 0 bridgehead atoms. The molecule has 9 heteroatoms. The first-order chi connectivity index (χ1) is 13.9. The van der Waals surface area contributed by atoms with Crippen LogP contribution in [0.15, 0.2) is 24.3 Å². The first-order valence-electron chi connectivity index (χ1n) is 9.42. The lowest BCUT2D eigenvalue weighted by molar-refractivity contribution is -0.138. The minimum absolute atomic E-state index is 0.0633. The molecule has 2 heterocycles. The van der Waals surface area contributed by atoms with Gasteiger partial charge in [-0.05, 0) is 51.0 Å². The lowest BCUT2D eigenvalue weighted by Gasteiger charge is -2.24. The second kappa shape index (κ2) is 10.0. The Labute approximate surface area is 179 Å². The topological polar surface area (TPSA) is 80.8 Å². The number of aromatic nitrogens is 1. The number of carbonyl (C=O) groups is 2. The van der Waals surface area contributed by atoms with E-state index in [0.29, 0.717) is 29.1 Å². The molecule has 2 aromatic rings. The Morgan fingerprint density at radius 2 is 2.10 bits per heavy atom. The molecule has 1 saturated heterocycles. The van der Waals surface area contributed by atoms with Crippen LogP contribution < -0.4 is 10.1 Å². The molecule has 0 aliphatic carbocycles. The van der Waals surface area contributed by atoms with Crippen molar-refractivity contribution in [3.63, 3.8) is 0 Å². The van der Waals surface area contributed by atoms with Crippen molar-refractivity contribution in [3.05, 3.63) is 39.9 Å². The van der Waals surface area contributed by atoms with Crippen molar-refractivity contribution in [2.45, 2.75) is 32.8 Å². The lowest BCUT2D eigenvalue weighted by Crippen LogP contribution is -2.44. The van der Waals surface area contributed by atoms with Crippen molar-refractivity contribution < 1.29 is 19.1 Å². The van der Waals surface area contributed by atoms with Gasteiger partial charge in [0.05, 0.1) is 11.8 Å². The van der Waals surface area contributed by atoms with Gasteiger partial charge in [0.1, 0.15) is 12.3 Å². The number of nitrogens with one attached hydrogen (secondary N) is 1. The van der Waals surface area contributed by atoms with E-state index in [4.69, 9.17) is 21.1 Å². The molecule has 1 aliphatic heterocycles. The summed E-state index contributed by atoms with van der Waals surface area (Å²) in [4.78, 5) is 32.1. The van der Waals surface area contributed by atoms with Gasteiger partial charge >= 0.3 is 0 Å². The zero-order valence-electron chi connectivity index (χ0n) is 16.4. The number of carbonyl (C=O) groups excluding carboxylic acids is 2. The van der Waals surface area contributed by atoms with E-state index >= 15 is 0 Å². The molecule has 0 saturated carbocycles. The second-order valence-electron chi connectivity index (χ2n) is 6.86. The van der Waals surface area contributed by atoms with E-state index in [1.54, 1.807) is 24.3 Å². The summed E-state index contributed by atoms with van der Waals surface area (Å²) >= 11 is 7.27. The number of amides is 2. The fraction of sp³-hybridized carbons (Fsp3) is 0.450. The highest BCUT2D eigenvalue weighted by Gasteiger charge is 2.25. The van der Waals surface area contributed by atoms with E-state index in [9.17, 15) is 9.59 Å². The highest BCUT2D eigenvalue weighted by Crippen LogP contribution is 2.21. The van der Waals surface area contributed by atoms with E-state index in [2.05, 4.69) is 10.3 Å². The maximum atomic E-state index is 12.7. The first kappa shape index (κ1) is 21.5. The molecule has 0 radical (unpaired) electrons. The number of aryl methyl sites for hydroxylation is 2. The Bertz CT molecular complexity index is 830. The van der Waals surface area contributed by atoms with Crippen molar-refractivity contribution in [2.75, 3.05) is 31.6 Å². The Hall–Kier alpha value is -2.16. The van der Waals surface area contributed by atoms with E-state index in [-0.39, 0.29) is 31.1 Å². The Kier molecular flexibility index (Phi) is 7.46. The number of nitrogens with zero attached hydrogens (tertiary/aromatic N) is 2. The van der Waals surface area contributed by atoms with Gasteiger partial charge in [0, 0.05) is 23.1 Å². The number of anilines is 1. The maximum absolute atomic E-state index is 12.7. The summed E-state index contributed by atoms with van der Waals surface area (Å²) in [6, 6.07) is 6.77. The summed E-state index contributed by atoms with van der Waals surface area (Å²) in [6.45, 7) is 4.62. The average molecular weight is 438 g/mol. The third-order valence-corrected chi connectivity index (χ3v) is 5.83. The number of hydrogen-bond donors (Lipinski definition) is 1. The summed E-state index contributed by atoms with van der Waals surface area (Å²) in [7, 11) is 0. The SMILES string of the molecule is Cc1nc(NC(=O)CN(CC2CCCO2)C(=O)COc2ccc(Cl)cc2)sc1C. The molecule has 1 aromatic carbocycles. The summed E-state index contributed by atoms with van der Waals surface area (Å²) in [5, 5.41) is 3.90. The smallest absolute Gasteiger partial charge is 0.261 e. The number of halogens is 1. The lowest BCUT2D eigenvalue weighted by atomic mass is 10.2. The van der Waals surface area contributed by atoms with Crippen LogP contribution in [0.3, 0.4) is 0 Å². The standard InChI is InChI=1S/C20H24ClN3O4S/c1-13-14(2)29-20(22-13)23-18(25)11-24(10-17-4-3-9-27-17)19(26)12-28-16-7-5-15(21)6-8-16/h5-8,17H,3-4,9-12H2,1-2H3,(H,22,23,25). The molecule has 1 atom stereocenters. The minimum Gasteiger partial charge on any atom is -0.484 e. The molecular weight excluding hydrogens is 414 g/mol. The fourth-order valence-electron chi connectivity index (χ4n) is 2.91. The molecular formula is C20H24ClN3O4S. The first-order valence-corrected chi connectivity index (χ1v) is 10.6. The van der Waals surface area contributed by atoms with Gasteiger partial charge in [-0.1, -0.05) is 11.6 Å². The van der Waals surface area contributed by atoms with Gasteiger partial charge in [0.25, 0.3) is 5.91 Å². The third-order valence-electron chi connectivity index (χ3n) is 4.59. The molecule has 3 rings (SSSR count). The van der Waals surface area contributed by atoms with Crippen LogP contribution >= 0.6 is 22.9 Å². The van der Waals surface area contributed by atoms with Crippen LogP contribution in [-0.4, -0.2) is 54.1 Å². The Balaban J connectivity index is 1.60. The van der Waals surface area contributed by atoms with E-state index < -0.39 is 0 Å². The van der Waals surface area contributed by atoms with Gasteiger partial charge in [-0.25, -0.2) is 4.98 Å². The van der Waals surface area contributed by atoms with Crippen LogP contribution in [0.2, 0.25) is 5.02 Å². The van der Waals surface area contributed by atoms with Crippen molar-refractivity contribution >= 4 is 39.9 Å². The van der Waals surface area contributed by atoms with E-state index in [1.165, 1.54) is 16.2 Å². The zero-order valence-corrected chi connectivity index (χ0v) is 18.0. The van der Waals surface area contributed by atoms with Crippen molar-refractivity contribution in [2.24, 2.45) is 0 Å². The summed E-state index contributed by atoms with van der Waals surface area (Å²) in [6.07, 6.45) is 1.76. The van der Waals surface area contributed by atoms with Crippen LogP contribution in [0, 0.1) is 13.8 Å². The van der Waals surface area contributed by atoms with Crippen LogP contribution in [-0.2, 0) is 14.3 Å². The Morgan fingerprint density at radius 1 is 1.34 bits per heavy atom. The molecule has 7 nitrogen and oxygen atoms in total. The minimum atomic E-state index is -0.295. The van der Waals surface area contributed by atoms with Gasteiger partial charge in [0.2, 0.25) is 5.91 Å². The summed E-state index contributed by atoms with van der Waals surface area (Å²) in [5.74, 6) is -0.0355. The monoisotopic (exact) mass is 437 g/mol. The molecule has 29 heavy (non-hydrogen) atoms. The normalized spacial score (nSPS) is 15.9. The molecule has 1 aromatic heterocycles. The average Bonchev–Trinajstić information content (AvgIpc) is 3.30. The van der Waals surface area contributed by atoms with Gasteiger partial charge in [-0.3, -0.25) is 9.59 Å². The number of benzene rings is 1. The van der Waals surface area contributed by atoms with Gasteiger partial charge in [-0.15, -0.1) is 11.3 Å². The highest BCUT2D eigenvalue weighted by atomic mass is 35.5.